The number of aliphatic carboxylic acids is 1. The molecule has 0 spiro atoms. The van der Waals surface area contributed by atoms with Gasteiger partial charge in [0, 0.05) is 19.6 Å². The molecule has 0 bridgehead atoms. The normalized spacial score (nSPS) is 14.6. The van der Waals surface area contributed by atoms with E-state index in [-0.39, 0.29) is 13.0 Å². The highest BCUT2D eigenvalue weighted by molar-refractivity contribution is 5.71. The van der Waals surface area contributed by atoms with Gasteiger partial charge in [0.05, 0.1) is 0 Å². The number of carboxylic acid groups (broad SMARTS) is 1. The first kappa shape index (κ1) is 21.3. The van der Waals surface area contributed by atoms with E-state index in [1.807, 2.05) is 24.3 Å². The molecule has 0 radical (unpaired) electrons. The SMILES string of the molecule is CC(O)(O)/C=C/C=C/C=C/C=C/CCCOCCC(O)C(=O)O. The summed E-state index contributed by atoms with van der Waals surface area (Å²) in [6, 6.07) is 0. The average Bonchev–Trinajstić information content (AvgIpc) is 2.46. The lowest BCUT2D eigenvalue weighted by molar-refractivity contribution is -0.147. The molecule has 130 valence electrons. The summed E-state index contributed by atoms with van der Waals surface area (Å²) in [4.78, 5) is 10.3. The van der Waals surface area contributed by atoms with Crippen LogP contribution in [0.15, 0.2) is 48.6 Å². The van der Waals surface area contributed by atoms with Crippen LogP contribution in [0.5, 0.6) is 0 Å². The Morgan fingerprint density at radius 2 is 1.70 bits per heavy atom. The topological polar surface area (TPSA) is 107 Å². The second kappa shape index (κ2) is 12.8. The first-order valence-corrected chi connectivity index (χ1v) is 7.44. The minimum atomic E-state index is -1.79. The van der Waals surface area contributed by atoms with Crippen molar-refractivity contribution in [1.29, 1.82) is 0 Å². The van der Waals surface area contributed by atoms with E-state index in [4.69, 9.17) is 25.2 Å². The number of allylic oxidation sites excluding steroid dienone is 7. The Bertz CT molecular complexity index is 429. The van der Waals surface area contributed by atoms with Gasteiger partial charge in [-0.2, -0.15) is 0 Å². The van der Waals surface area contributed by atoms with Crippen LogP contribution in [0.4, 0.5) is 0 Å². The summed E-state index contributed by atoms with van der Waals surface area (Å²) >= 11 is 0. The highest BCUT2D eigenvalue weighted by Gasteiger charge is 2.11. The predicted molar refractivity (Wildman–Crippen MR) is 87.7 cm³/mol. The minimum Gasteiger partial charge on any atom is -0.479 e. The van der Waals surface area contributed by atoms with Crippen LogP contribution in [0.25, 0.3) is 0 Å². The molecule has 1 atom stereocenters. The van der Waals surface area contributed by atoms with Gasteiger partial charge in [-0.05, 0) is 25.8 Å². The summed E-state index contributed by atoms with van der Waals surface area (Å²) in [5.41, 5.74) is 0. The van der Waals surface area contributed by atoms with Gasteiger partial charge in [-0.3, -0.25) is 0 Å². The van der Waals surface area contributed by atoms with E-state index in [9.17, 15) is 4.79 Å². The van der Waals surface area contributed by atoms with E-state index in [1.54, 1.807) is 18.2 Å². The summed E-state index contributed by atoms with van der Waals surface area (Å²) in [6.07, 6.45) is 14.2. The van der Waals surface area contributed by atoms with Crippen LogP contribution in [0, 0.1) is 0 Å². The zero-order valence-corrected chi connectivity index (χ0v) is 13.3. The highest BCUT2D eigenvalue weighted by Crippen LogP contribution is 1.98. The lowest BCUT2D eigenvalue weighted by atomic mass is 10.2. The molecule has 0 saturated heterocycles. The van der Waals surface area contributed by atoms with Crippen LogP contribution < -0.4 is 0 Å². The molecule has 23 heavy (non-hydrogen) atoms. The maximum atomic E-state index is 10.3. The number of hydrogen-bond acceptors (Lipinski definition) is 5. The van der Waals surface area contributed by atoms with Gasteiger partial charge in [-0.1, -0.05) is 42.5 Å². The van der Waals surface area contributed by atoms with Crippen LogP contribution >= 0.6 is 0 Å². The first-order valence-electron chi connectivity index (χ1n) is 7.44. The van der Waals surface area contributed by atoms with E-state index in [0.717, 1.165) is 12.8 Å². The average molecular weight is 326 g/mol. The number of unbranched alkanes of at least 4 members (excludes halogenated alkanes) is 1. The van der Waals surface area contributed by atoms with Crippen LogP contribution in [-0.4, -0.2) is 51.5 Å². The summed E-state index contributed by atoms with van der Waals surface area (Å²) in [6.45, 7) is 2.02. The van der Waals surface area contributed by atoms with Crippen molar-refractivity contribution in [2.75, 3.05) is 13.2 Å². The largest absolute Gasteiger partial charge is 0.479 e. The maximum Gasteiger partial charge on any atom is 0.332 e. The van der Waals surface area contributed by atoms with Crippen molar-refractivity contribution in [3.05, 3.63) is 48.6 Å². The lowest BCUT2D eigenvalue weighted by Gasteiger charge is -2.07. The number of hydrogen-bond donors (Lipinski definition) is 4. The molecule has 1 unspecified atom stereocenters. The Morgan fingerprint density at radius 3 is 2.30 bits per heavy atom. The molecule has 0 saturated carbocycles. The third-order valence-electron chi connectivity index (χ3n) is 2.58. The zero-order valence-electron chi connectivity index (χ0n) is 13.3. The molecule has 4 N–H and O–H groups in total. The molecule has 0 amide bonds. The third kappa shape index (κ3) is 16.5. The molecule has 0 aliphatic rings. The second-order valence-electron chi connectivity index (χ2n) is 5.05. The highest BCUT2D eigenvalue weighted by atomic mass is 16.5. The summed E-state index contributed by atoms with van der Waals surface area (Å²) in [7, 11) is 0. The van der Waals surface area contributed by atoms with Crippen LogP contribution in [0.3, 0.4) is 0 Å². The molecular weight excluding hydrogens is 300 g/mol. The second-order valence-corrected chi connectivity index (χ2v) is 5.05. The predicted octanol–water partition coefficient (Wildman–Crippen LogP) is 1.54. The summed E-state index contributed by atoms with van der Waals surface area (Å²) in [5.74, 6) is -3.02. The van der Waals surface area contributed by atoms with E-state index < -0.39 is 17.9 Å². The van der Waals surface area contributed by atoms with Crippen molar-refractivity contribution in [2.45, 2.75) is 38.1 Å². The number of aliphatic hydroxyl groups is 3. The van der Waals surface area contributed by atoms with Crippen LogP contribution in [-0.2, 0) is 9.53 Å². The fourth-order valence-electron chi connectivity index (χ4n) is 1.39. The molecule has 0 aromatic heterocycles. The number of carboxylic acids is 1. The summed E-state index contributed by atoms with van der Waals surface area (Å²) in [5, 5.41) is 35.5. The van der Waals surface area contributed by atoms with Crippen LogP contribution in [0.2, 0.25) is 0 Å². The molecule has 0 rings (SSSR count). The Labute approximate surface area is 136 Å². The molecule has 0 heterocycles. The van der Waals surface area contributed by atoms with Crippen LogP contribution in [0.1, 0.15) is 26.2 Å². The quantitative estimate of drug-likeness (QED) is 0.246. The summed E-state index contributed by atoms with van der Waals surface area (Å²) < 4.78 is 5.22. The standard InChI is InChI=1S/C17H26O6/c1-17(21,22)12-9-7-5-3-2-4-6-8-10-13-23-14-11-15(18)16(19)20/h2-7,9,12,15,18,21-22H,8,10-11,13-14H2,1H3,(H,19,20)/b3-2+,6-4+,7-5+,12-9+. The van der Waals surface area contributed by atoms with Crippen molar-refractivity contribution >= 4 is 5.97 Å². The molecule has 0 aliphatic carbocycles. The van der Waals surface area contributed by atoms with Gasteiger partial charge < -0.3 is 25.2 Å². The number of rotatable bonds is 12. The van der Waals surface area contributed by atoms with Gasteiger partial charge in [0.1, 0.15) is 0 Å². The minimum absolute atomic E-state index is 0.0976. The van der Waals surface area contributed by atoms with Crippen molar-refractivity contribution in [3.8, 4) is 0 Å². The van der Waals surface area contributed by atoms with Crippen molar-refractivity contribution < 1.29 is 30.0 Å². The lowest BCUT2D eigenvalue weighted by Crippen LogP contribution is -2.21. The van der Waals surface area contributed by atoms with Gasteiger partial charge in [0.25, 0.3) is 0 Å². The molecule has 0 aromatic rings. The van der Waals surface area contributed by atoms with Gasteiger partial charge >= 0.3 is 5.97 Å². The molecule has 0 aromatic carbocycles. The van der Waals surface area contributed by atoms with E-state index in [0.29, 0.717) is 6.61 Å². The maximum absolute atomic E-state index is 10.3. The van der Waals surface area contributed by atoms with E-state index in [2.05, 4.69) is 0 Å². The zero-order chi connectivity index (χ0) is 17.6. The number of ether oxygens (including phenoxy) is 1. The Kier molecular flexibility index (Phi) is 11.8. The fourth-order valence-corrected chi connectivity index (χ4v) is 1.39. The van der Waals surface area contributed by atoms with Gasteiger partial charge in [-0.25, -0.2) is 4.79 Å². The fraction of sp³-hybridized carbons (Fsp3) is 0.471. The van der Waals surface area contributed by atoms with Crippen molar-refractivity contribution in [2.24, 2.45) is 0 Å². The smallest absolute Gasteiger partial charge is 0.332 e. The Morgan fingerprint density at radius 1 is 1.09 bits per heavy atom. The molecular formula is C17H26O6. The van der Waals surface area contributed by atoms with Crippen molar-refractivity contribution in [1.82, 2.24) is 0 Å². The van der Waals surface area contributed by atoms with E-state index >= 15 is 0 Å². The number of carbonyl (C=O) groups is 1. The molecule has 0 aliphatic heterocycles. The van der Waals surface area contributed by atoms with Crippen molar-refractivity contribution in [3.63, 3.8) is 0 Å². The Hall–Kier alpha value is -1.73. The molecule has 0 fully saturated rings. The monoisotopic (exact) mass is 326 g/mol. The number of aliphatic hydroxyl groups excluding tert-OH is 1. The first-order chi connectivity index (χ1) is 10.8. The van der Waals surface area contributed by atoms with E-state index in [1.165, 1.54) is 13.0 Å². The van der Waals surface area contributed by atoms with Gasteiger partial charge in [-0.15, -0.1) is 0 Å². The molecule has 6 heteroatoms. The third-order valence-corrected chi connectivity index (χ3v) is 2.58. The Balaban J connectivity index is 3.58. The molecule has 6 nitrogen and oxygen atoms in total. The van der Waals surface area contributed by atoms with Gasteiger partial charge in [0.15, 0.2) is 11.9 Å². The van der Waals surface area contributed by atoms with Gasteiger partial charge in [0.2, 0.25) is 0 Å².